The Balaban J connectivity index is 1.76. The van der Waals surface area contributed by atoms with Crippen LogP contribution in [0.4, 0.5) is 0 Å². The fourth-order valence-electron chi connectivity index (χ4n) is 4.11. The molecule has 158 valence electrons. The number of carbonyl (C=O) groups excluding carboxylic acids is 1. The van der Waals surface area contributed by atoms with Gasteiger partial charge in [0.05, 0.1) is 6.61 Å². The monoisotopic (exact) mass is 416 g/mol. The lowest BCUT2D eigenvalue weighted by Gasteiger charge is -2.28. The van der Waals surface area contributed by atoms with E-state index in [0.29, 0.717) is 25.0 Å². The van der Waals surface area contributed by atoms with Crippen LogP contribution in [0.5, 0.6) is 0 Å². The molecule has 29 heavy (non-hydrogen) atoms. The Labute approximate surface area is 178 Å². The molecule has 2 atom stereocenters. The number of likely N-dealkylation sites (tertiary alicyclic amines) is 1. The summed E-state index contributed by atoms with van der Waals surface area (Å²) in [6.07, 6.45) is 0. The second-order valence-corrected chi connectivity index (χ2v) is 8.85. The molecule has 6 heteroatoms. The molecular weight excluding hydrogens is 384 g/mol. The average Bonchev–Trinajstić information content (AvgIpc) is 3.36. The maximum atomic E-state index is 12.6. The van der Waals surface area contributed by atoms with Gasteiger partial charge in [-0.15, -0.1) is 11.3 Å². The van der Waals surface area contributed by atoms with Gasteiger partial charge in [0.15, 0.2) is 0 Å². The Morgan fingerprint density at radius 2 is 1.97 bits per heavy atom. The number of rotatable bonds is 10. The number of ether oxygens (including phenoxy) is 2. The van der Waals surface area contributed by atoms with Crippen molar-refractivity contribution >= 4 is 17.2 Å². The molecule has 0 spiro atoms. The van der Waals surface area contributed by atoms with Crippen LogP contribution in [0.3, 0.4) is 0 Å². The van der Waals surface area contributed by atoms with E-state index in [1.54, 1.807) is 14.2 Å². The molecule has 2 aromatic rings. The molecule has 3 rings (SSSR count). The zero-order valence-corrected chi connectivity index (χ0v) is 18.5. The molecule has 0 unspecified atom stereocenters. The highest BCUT2D eigenvalue weighted by atomic mass is 32.1. The van der Waals surface area contributed by atoms with E-state index < -0.39 is 0 Å². The number of aryl methyl sites for hydroxylation is 1. The van der Waals surface area contributed by atoms with Crippen molar-refractivity contribution in [2.75, 3.05) is 53.6 Å². The minimum Gasteiger partial charge on any atom is -0.383 e. The molecule has 1 aromatic carbocycles. The Hall–Kier alpha value is -1.73. The maximum absolute atomic E-state index is 12.6. The Morgan fingerprint density at radius 3 is 2.62 bits per heavy atom. The normalized spacial score (nSPS) is 19.6. The third-order valence-corrected chi connectivity index (χ3v) is 6.48. The van der Waals surface area contributed by atoms with Gasteiger partial charge in [0, 0.05) is 57.7 Å². The number of amides is 1. The number of methoxy groups -OCH3 is 2. The summed E-state index contributed by atoms with van der Waals surface area (Å²) in [6.45, 7) is 7.07. The fourth-order valence-corrected chi connectivity index (χ4v) is 4.85. The van der Waals surface area contributed by atoms with Crippen LogP contribution in [-0.4, -0.2) is 69.3 Å². The average molecular weight is 417 g/mol. The first-order valence-electron chi connectivity index (χ1n) is 10.2. The van der Waals surface area contributed by atoms with Gasteiger partial charge in [-0.1, -0.05) is 35.9 Å². The van der Waals surface area contributed by atoms with Crippen LogP contribution in [0.2, 0.25) is 0 Å². The topological polar surface area (TPSA) is 42.0 Å². The highest BCUT2D eigenvalue weighted by Crippen LogP contribution is 2.34. The standard InChI is InChI=1S/C23H32N2O3S/c1-18-6-8-19(9-7-18)22-16-24(15-21-5-4-12-29-21)13-20(22)14-25(10-11-27-2)23(26)17-28-3/h4-9,12,20,22H,10-11,13-17H2,1-3H3/t20-,22+/m0/s1. The summed E-state index contributed by atoms with van der Waals surface area (Å²) in [5, 5.41) is 2.14. The lowest BCUT2D eigenvalue weighted by atomic mass is 9.88. The van der Waals surface area contributed by atoms with Crippen molar-refractivity contribution < 1.29 is 14.3 Å². The van der Waals surface area contributed by atoms with E-state index in [4.69, 9.17) is 9.47 Å². The second-order valence-electron chi connectivity index (χ2n) is 7.82. The van der Waals surface area contributed by atoms with Gasteiger partial charge in [-0.05, 0) is 29.9 Å². The van der Waals surface area contributed by atoms with Crippen LogP contribution >= 0.6 is 11.3 Å². The largest absolute Gasteiger partial charge is 0.383 e. The molecule has 1 aliphatic heterocycles. The van der Waals surface area contributed by atoms with Crippen molar-refractivity contribution in [2.45, 2.75) is 19.4 Å². The fraction of sp³-hybridized carbons (Fsp3) is 0.522. The molecule has 1 fully saturated rings. The van der Waals surface area contributed by atoms with Gasteiger partial charge in [0.2, 0.25) is 5.91 Å². The predicted molar refractivity (Wildman–Crippen MR) is 117 cm³/mol. The first-order chi connectivity index (χ1) is 14.1. The van der Waals surface area contributed by atoms with E-state index in [1.807, 2.05) is 16.2 Å². The molecule has 1 saturated heterocycles. The summed E-state index contributed by atoms with van der Waals surface area (Å²) < 4.78 is 10.3. The molecule has 0 aliphatic carbocycles. The first-order valence-corrected chi connectivity index (χ1v) is 11.1. The minimum absolute atomic E-state index is 0.0314. The zero-order chi connectivity index (χ0) is 20.6. The van der Waals surface area contributed by atoms with Crippen molar-refractivity contribution in [3.8, 4) is 0 Å². The number of hydrogen-bond donors (Lipinski definition) is 0. The minimum atomic E-state index is 0.0314. The van der Waals surface area contributed by atoms with Crippen LogP contribution in [0.1, 0.15) is 21.9 Å². The number of benzene rings is 1. The molecule has 0 saturated carbocycles. The Kier molecular flexibility index (Phi) is 8.24. The van der Waals surface area contributed by atoms with E-state index in [1.165, 1.54) is 16.0 Å². The van der Waals surface area contributed by atoms with Gasteiger partial charge in [-0.3, -0.25) is 9.69 Å². The highest BCUT2D eigenvalue weighted by molar-refractivity contribution is 7.09. The van der Waals surface area contributed by atoms with Crippen LogP contribution in [-0.2, 0) is 20.8 Å². The van der Waals surface area contributed by atoms with Crippen molar-refractivity contribution in [2.24, 2.45) is 5.92 Å². The van der Waals surface area contributed by atoms with E-state index in [-0.39, 0.29) is 12.5 Å². The molecule has 0 radical (unpaired) electrons. The van der Waals surface area contributed by atoms with Gasteiger partial charge in [-0.2, -0.15) is 0 Å². The summed E-state index contributed by atoms with van der Waals surface area (Å²) in [5.41, 5.74) is 2.64. The summed E-state index contributed by atoms with van der Waals surface area (Å²) in [4.78, 5) is 18.4. The molecule has 2 heterocycles. The third-order valence-electron chi connectivity index (χ3n) is 5.62. The van der Waals surface area contributed by atoms with Crippen molar-refractivity contribution in [1.82, 2.24) is 9.80 Å². The first kappa shape index (κ1) is 22.0. The molecule has 1 aliphatic rings. The molecule has 0 N–H and O–H groups in total. The number of thiophene rings is 1. The summed E-state index contributed by atoms with van der Waals surface area (Å²) >= 11 is 1.81. The van der Waals surface area contributed by atoms with Crippen LogP contribution < -0.4 is 0 Å². The van der Waals surface area contributed by atoms with Gasteiger partial charge >= 0.3 is 0 Å². The molecule has 1 aromatic heterocycles. The summed E-state index contributed by atoms with van der Waals surface area (Å²) in [6, 6.07) is 13.2. The molecule has 1 amide bonds. The Morgan fingerprint density at radius 1 is 1.17 bits per heavy atom. The lowest BCUT2D eigenvalue weighted by Crippen LogP contribution is -2.41. The van der Waals surface area contributed by atoms with E-state index >= 15 is 0 Å². The summed E-state index contributed by atoms with van der Waals surface area (Å²) in [5.74, 6) is 0.829. The van der Waals surface area contributed by atoms with Gasteiger partial charge in [0.1, 0.15) is 6.61 Å². The van der Waals surface area contributed by atoms with Gasteiger partial charge in [0.25, 0.3) is 0 Å². The van der Waals surface area contributed by atoms with Gasteiger partial charge < -0.3 is 14.4 Å². The third kappa shape index (κ3) is 6.12. The van der Waals surface area contributed by atoms with Gasteiger partial charge in [-0.25, -0.2) is 0 Å². The quantitative estimate of drug-likeness (QED) is 0.595. The van der Waals surface area contributed by atoms with Crippen LogP contribution in [0.25, 0.3) is 0 Å². The maximum Gasteiger partial charge on any atom is 0.248 e. The van der Waals surface area contributed by atoms with E-state index in [9.17, 15) is 4.79 Å². The van der Waals surface area contributed by atoms with Crippen molar-refractivity contribution in [3.05, 3.63) is 57.8 Å². The number of nitrogens with zero attached hydrogens (tertiary/aromatic N) is 2. The number of hydrogen-bond acceptors (Lipinski definition) is 5. The predicted octanol–water partition coefficient (Wildman–Crippen LogP) is 3.39. The Bertz CT molecular complexity index is 748. The molecule has 0 bridgehead atoms. The van der Waals surface area contributed by atoms with E-state index in [0.717, 1.165) is 26.2 Å². The SMILES string of the molecule is COCCN(C[C@@H]1CN(Cc2cccs2)C[C@@H]1c1ccc(C)cc1)C(=O)COC. The van der Waals surface area contributed by atoms with Crippen molar-refractivity contribution in [1.29, 1.82) is 0 Å². The zero-order valence-electron chi connectivity index (χ0n) is 17.7. The molecule has 5 nitrogen and oxygen atoms in total. The summed E-state index contributed by atoms with van der Waals surface area (Å²) in [7, 11) is 3.24. The highest BCUT2D eigenvalue weighted by Gasteiger charge is 2.35. The second kappa shape index (κ2) is 10.9. The van der Waals surface area contributed by atoms with Crippen LogP contribution in [0.15, 0.2) is 41.8 Å². The smallest absolute Gasteiger partial charge is 0.248 e. The lowest BCUT2D eigenvalue weighted by molar-refractivity contribution is -0.136. The van der Waals surface area contributed by atoms with Crippen molar-refractivity contribution in [3.63, 3.8) is 0 Å². The van der Waals surface area contributed by atoms with E-state index in [2.05, 4.69) is 53.6 Å². The molecular formula is C23H32N2O3S. The van der Waals surface area contributed by atoms with Crippen LogP contribution in [0, 0.1) is 12.8 Å². The number of carbonyl (C=O) groups is 1.